The predicted octanol–water partition coefficient (Wildman–Crippen LogP) is 5.72. The highest BCUT2D eigenvalue weighted by molar-refractivity contribution is 7.93. The predicted molar refractivity (Wildman–Crippen MR) is 139 cm³/mol. The Morgan fingerprint density at radius 1 is 0.943 bits per heavy atom. The van der Waals surface area contributed by atoms with Gasteiger partial charge in [-0.15, -0.1) is 11.3 Å². The number of carbonyl (C=O) groups is 1. The van der Waals surface area contributed by atoms with Crippen LogP contribution in [-0.2, 0) is 10.0 Å². The lowest BCUT2D eigenvalue weighted by atomic mass is 10.0. The fraction of sp³-hybridized carbons (Fsp3) is 0.0385. The first-order valence-corrected chi connectivity index (χ1v) is 13.1. The van der Waals surface area contributed by atoms with Crippen LogP contribution in [0.3, 0.4) is 0 Å². The smallest absolute Gasteiger partial charge is 0.263 e. The highest BCUT2D eigenvalue weighted by Gasteiger charge is 2.17. The van der Waals surface area contributed by atoms with Gasteiger partial charge in [0.25, 0.3) is 15.9 Å². The van der Waals surface area contributed by atoms with Gasteiger partial charge in [-0.05, 0) is 43.3 Å². The largest absolute Gasteiger partial charge is 0.322 e. The number of thiazole rings is 1. The maximum absolute atomic E-state index is 13.3. The van der Waals surface area contributed by atoms with Crippen molar-refractivity contribution in [3.8, 4) is 11.3 Å². The van der Waals surface area contributed by atoms with Gasteiger partial charge < -0.3 is 5.32 Å². The molecule has 0 aliphatic heterocycles. The quantitative estimate of drug-likeness (QED) is 0.311. The van der Waals surface area contributed by atoms with E-state index in [1.807, 2.05) is 55.5 Å². The zero-order valence-corrected chi connectivity index (χ0v) is 20.2. The third kappa shape index (κ3) is 4.91. The summed E-state index contributed by atoms with van der Waals surface area (Å²) in [6.45, 7) is 2.02. The van der Waals surface area contributed by atoms with Gasteiger partial charge in [-0.1, -0.05) is 48.0 Å². The second kappa shape index (κ2) is 9.28. The van der Waals surface area contributed by atoms with Gasteiger partial charge in [-0.3, -0.25) is 9.52 Å². The molecular weight excluding hydrogens is 480 g/mol. The van der Waals surface area contributed by atoms with Crippen molar-refractivity contribution in [2.45, 2.75) is 11.8 Å². The van der Waals surface area contributed by atoms with E-state index in [9.17, 15) is 13.2 Å². The average molecular weight is 501 g/mol. The summed E-state index contributed by atoms with van der Waals surface area (Å²) in [5.41, 5.74) is 4.42. The molecule has 0 bridgehead atoms. The Balaban J connectivity index is 1.43. The molecule has 0 atom stereocenters. The van der Waals surface area contributed by atoms with E-state index < -0.39 is 10.0 Å². The maximum Gasteiger partial charge on any atom is 0.263 e. The Labute approximate surface area is 206 Å². The van der Waals surface area contributed by atoms with Crippen molar-refractivity contribution in [2.75, 3.05) is 10.0 Å². The normalized spacial score (nSPS) is 11.3. The Morgan fingerprint density at radius 2 is 1.69 bits per heavy atom. The van der Waals surface area contributed by atoms with E-state index in [0.29, 0.717) is 22.5 Å². The number of hydrogen-bond acceptors (Lipinski definition) is 6. The number of fused-ring (bicyclic) bond motifs is 1. The molecule has 9 heteroatoms. The molecule has 0 aliphatic rings. The minimum absolute atomic E-state index is 0.0710. The van der Waals surface area contributed by atoms with Crippen molar-refractivity contribution in [3.63, 3.8) is 0 Å². The zero-order valence-electron chi connectivity index (χ0n) is 18.6. The topological polar surface area (TPSA) is 101 Å². The first-order valence-electron chi connectivity index (χ1n) is 10.7. The number of para-hydroxylation sites is 1. The average Bonchev–Trinajstić information content (AvgIpc) is 3.36. The van der Waals surface area contributed by atoms with Gasteiger partial charge >= 0.3 is 0 Å². The number of nitrogens with one attached hydrogen (secondary N) is 2. The van der Waals surface area contributed by atoms with Crippen molar-refractivity contribution in [1.29, 1.82) is 0 Å². The Kier molecular flexibility index (Phi) is 6.02. The van der Waals surface area contributed by atoms with E-state index in [2.05, 4.69) is 15.0 Å². The Hall–Kier alpha value is -4.08. The number of carbonyl (C=O) groups excluding carboxylic acids is 1. The van der Waals surface area contributed by atoms with Crippen molar-refractivity contribution >= 4 is 49.0 Å². The third-order valence-electron chi connectivity index (χ3n) is 5.38. The van der Waals surface area contributed by atoms with E-state index in [0.717, 1.165) is 16.5 Å². The summed E-state index contributed by atoms with van der Waals surface area (Å²) in [4.78, 5) is 22.0. The van der Waals surface area contributed by atoms with E-state index in [-0.39, 0.29) is 15.9 Å². The van der Waals surface area contributed by atoms with E-state index >= 15 is 0 Å². The van der Waals surface area contributed by atoms with E-state index in [1.54, 1.807) is 23.6 Å². The number of amides is 1. The second-order valence-electron chi connectivity index (χ2n) is 7.86. The number of sulfonamides is 1. The van der Waals surface area contributed by atoms with Crippen molar-refractivity contribution in [1.82, 2.24) is 9.97 Å². The molecule has 0 unspecified atom stereocenters. The Morgan fingerprint density at radius 3 is 2.40 bits per heavy atom. The number of benzene rings is 3. The summed E-state index contributed by atoms with van der Waals surface area (Å²) < 4.78 is 27.5. The van der Waals surface area contributed by atoms with Gasteiger partial charge in [0.2, 0.25) is 0 Å². The van der Waals surface area contributed by atoms with Crippen LogP contribution >= 0.6 is 11.3 Å². The molecule has 0 fully saturated rings. The number of aromatic nitrogens is 2. The summed E-state index contributed by atoms with van der Waals surface area (Å²) in [5.74, 6) is -0.312. The number of aryl methyl sites for hydroxylation is 1. The zero-order chi connectivity index (χ0) is 24.4. The van der Waals surface area contributed by atoms with Crippen LogP contribution in [0, 0.1) is 6.92 Å². The van der Waals surface area contributed by atoms with Crippen LogP contribution in [0.5, 0.6) is 0 Å². The molecule has 0 spiro atoms. The van der Waals surface area contributed by atoms with Gasteiger partial charge in [0, 0.05) is 28.2 Å². The van der Waals surface area contributed by atoms with Crippen LogP contribution in [0.25, 0.3) is 22.2 Å². The highest BCUT2D eigenvalue weighted by atomic mass is 32.2. The molecular formula is C26H20N4O3S2. The summed E-state index contributed by atoms with van der Waals surface area (Å²) in [5, 5.41) is 5.57. The minimum atomic E-state index is -3.77. The van der Waals surface area contributed by atoms with E-state index in [1.165, 1.54) is 29.7 Å². The monoisotopic (exact) mass is 500 g/mol. The standard InChI is InChI=1S/C26H20N4O3S2/c1-17-6-8-18(9-7-17)24-16-22(21-4-2-3-5-23(21)29-24)25(31)28-19-10-12-20(13-11-19)35(32,33)30-26-27-14-15-34-26/h2-16H,1H3,(H,27,30)(H,28,31). The van der Waals surface area contributed by atoms with Crippen molar-refractivity contribution in [2.24, 2.45) is 0 Å². The molecule has 7 nitrogen and oxygen atoms in total. The van der Waals surface area contributed by atoms with Gasteiger partial charge in [0.15, 0.2) is 5.13 Å². The summed E-state index contributed by atoms with van der Waals surface area (Å²) in [6.07, 6.45) is 1.52. The maximum atomic E-state index is 13.3. The summed E-state index contributed by atoms with van der Waals surface area (Å²) >= 11 is 1.19. The van der Waals surface area contributed by atoms with Crippen LogP contribution in [0.4, 0.5) is 10.8 Å². The number of anilines is 2. The van der Waals surface area contributed by atoms with Crippen LogP contribution in [0.1, 0.15) is 15.9 Å². The van der Waals surface area contributed by atoms with Gasteiger partial charge in [0.05, 0.1) is 21.7 Å². The Bertz CT molecular complexity index is 1610. The molecule has 35 heavy (non-hydrogen) atoms. The van der Waals surface area contributed by atoms with E-state index in [4.69, 9.17) is 4.98 Å². The second-order valence-corrected chi connectivity index (χ2v) is 10.4. The lowest BCUT2D eigenvalue weighted by Gasteiger charge is -2.11. The minimum Gasteiger partial charge on any atom is -0.322 e. The van der Waals surface area contributed by atoms with Crippen LogP contribution in [0.15, 0.2) is 95.3 Å². The highest BCUT2D eigenvalue weighted by Crippen LogP contribution is 2.26. The molecule has 5 rings (SSSR count). The number of hydrogen-bond donors (Lipinski definition) is 2. The summed E-state index contributed by atoms with van der Waals surface area (Å²) in [7, 11) is -3.77. The molecule has 5 aromatic rings. The molecule has 2 aromatic heterocycles. The van der Waals surface area contributed by atoms with Crippen LogP contribution < -0.4 is 10.0 Å². The van der Waals surface area contributed by atoms with Crippen LogP contribution in [-0.4, -0.2) is 24.3 Å². The molecule has 1 amide bonds. The molecule has 2 N–H and O–H groups in total. The third-order valence-corrected chi connectivity index (χ3v) is 7.56. The number of pyridine rings is 1. The van der Waals surface area contributed by atoms with Crippen LogP contribution in [0.2, 0.25) is 0 Å². The molecule has 0 saturated heterocycles. The first-order chi connectivity index (χ1) is 16.9. The molecule has 0 radical (unpaired) electrons. The molecule has 174 valence electrons. The lowest BCUT2D eigenvalue weighted by molar-refractivity contribution is 0.102. The molecule has 0 saturated carbocycles. The van der Waals surface area contributed by atoms with Gasteiger partial charge in [-0.25, -0.2) is 18.4 Å². The molecule has 2 heterocycles. The lowest BCUT2D eigenvalue weighted by Crippen LogP contribution is -2.14. The fourth-order valence-corrected chi connectivity index (χ4v) is 5.39. The SMILES string of the molecule is Cc1ccc(-c2cc(C(=O)Nc3ccc(S(=O)(=O)Nc4nccs4)cc3)c3ccccc3n2)cc1. The number of nitrogens with zero attached hydrogens (tertiary/aromatic N) is 2. The molecule has 0 aliphatic carbocycles. The van der Waals surface area contributed by atoms with Crippen molar-refractivity contribution < 1.29 is 13.2 Å². The summed E-state index contributed by atoms with van der Waals surface area (Å²) in [6, 6.07) is 23.2. The van der Waals surface area contributed by atoms with Gasteiger partial charge in [-0.2, -0.15) is 0 Å². The molecule has 3 aromatic carbocycles. The fourth-order valence-electron chi connectivity index (χ4n) is 3.60. The van der Waals surface area contributed by atoms with Gasteiger partial charge in [0.1, 0.15) is 0 Å². The van der Waals surface area contributed by atoms with Crippen molar-refractivity contribution in [3.05, 3.63) is 102 Å². The first kappa shape index (κ1) is 22.7. The number of rotatable bonds is 6.